The Balaban J connectivity index is 1.24. The van der Waals surface area contributed by atoms with Gasteiger partial charge in [-0.3, -0.25) is 14.9 Å². The molecule has 5 rings (SSSR count). The van der Waals surface area contributed by atoms with Crippen molar-refractivity contribution in [1.29, 1.82) is 0 Å². The molecule has 2 N–H and O–H groups in total. The molecule has 3 heterocycles. The highest BCUT2D eigenvalue weighted by atomic mass is 32.2. The van der Waals surface area contributed by atoms with Gasteiger partial charge < -0.3 is 9.72 Å². The SMILES string of the molecule is CC(Oc1ccc(CC2SC(=O)NC2=O)cc1)c1nc2ccc(Sc3ccccn3)cc2[nH]1. The maximum Gasteiger partial charge on any atom is 0.286 e. The van der Waals surface area contributed by atoms with E-state index in [1.165, 1.54) is 0 Å². The third kappa shape index (κ3) is 5.04. The summed E-state index contributed by atoms with van der Waals surface area (Å²) in [5, 5.41) is 2.59. The number of hydrogen-bond donors (Lipinski definition) is 2. The van der Waals surface area contributed by atoms with E-state index in [4.69, 9.17) is 4.74 Å². The maximum absolute atomic E-state index is 11.8. The van der Waals surface area contributed by atoms with Crippen LogP contribution in [0.3, 0.4) is 0 Å². The smallest absolute Gasteiger partial charge is 0.286 e. The molecule has 166 valence electrons. The van der Waals surface area contributed by atoms with Crippen LogP contribution in [-0.4, -0.2) is 31.3 Å². The van der Waals surface area contributed by atoms with Crippen molar-refractivity contribution in [3.8, 4) is 5.75 Å². The van der Waals surface area contributed by atoms with Gasteiger partial charge in [-0.15, -0.1) is 0 Å². The van der Waals surface area contributed by atoms with E-state index >= 15 is 0 Å². The van der Waals surface area contributed by atoms with Crippen LogP contribution >= 0.6 is 23.5 Å². The minimum atomic E-state index is -0.375. The zero-order valence-electron chi connectivity index (χ0n) is 17.6. The van der Waals surface area contributed by atoms with E-state index in [9.17, 15) is 9.59 Å². The fourth-order valence-corrected chi connectivity index (χ4v) is 5.17. The number of pyridine rings is 1. The number of amides is 2. The number of fused-ring (bicyclic) bond motifs is 1. The number of thioether (sulfide) groups is 1. The Labute approximate surface area is 198 Å². The number of ether oxygens (including phenoxy) is 1. The molecule has 1 aliphatic rings. The first-order valence-corrected chi connectivity index (χ1v) is 12.1. The van der Waals surface area contributed by atoms with E-state index in [0.29, 0.717) is 12.2 Å². The molecule has 1 saturated heterocycles. The lowest BCUT2D eigenvalue weighted by Crippen LogP contribution is -2.25. The lowest BCUT2D eigenvalue weighted by molar-refractivity contribution is -0.118. The molecule has 0 spiro atoms. The van der Waals surface area contributed by atoms with Gasteiger partial charge in [-0.25, -0.2) is 9.97 Å². The van der Waals surface area contributed by atoms with Crippen LogP contribution in [0.5, 0.6) is 5.75 Å². The lowest BCUT2D eigenvalue weighted by atomic mass is 10.1. The Morgan fingerprint density at radius 3 is 2.70 bits per heavy atom. The summed E-state index contributed by atoms with van der Waals surface area (Å²) < 4.78 is 6.07. The lowest BCUT2D eigenvalue weighted by Gasteiger charge is -2.13. The van der Waals surface area contributed by atoms with Crippen LogP contribution < -0.4 is 10.1 Å². The van der Waals surface area contributed by atoms with Crippen molar-refractivity contribution in [2.45, 2.75) is 34.6 Å². The summed E-state index contributed by atoms with van der Waals surface area (Å²) in [6.07, 6.45) is 2.01. The highest BCUT2D eigenvalue weighted by molar-refractivity contribution is 8.15. The summed E-state index contributed by atoms with van der Waals surface area (Å²) in [5.74, 6) is 1.22. The summed E-state index contributed by atoms with van der Waals surface area (Å²) in [6, 6.07) is 19.5. The first kappa shape index (κ1) is 21.5. The van der Waals surface area contributed by atoms with E-state index in [1.54, 1.807) is 18.0 Å². The molecule has 1 aliphatic heterocycles. The molecular weight excluding hydrogens is 456 g/mol. The van der Waals surface area contributed by atoms with Crippen molar-refractivity contribution in [2.24, 2.45) is 0 Å². The van der Waals surface area contributed by atoms with Crippen LogP contribution in [0.2, 0.25) is 0 Å². The summed E-state index contributed by atoms with van der Waals surface area (Å²) in [4.78, 5) is 36.6. The second kappa shape index (κ2) is 9.29. The number of nitrogens with one attached hydrogen (secondary N) is 2. The van der Waals surface area contributed by atoms with Crippen LogP contribution in [0.4, 0.5) is 4.79 Å². The second-order valence-corrected chi connectivity index (χ2v) is 9.83. The van der Waals surface area contributed by atoms with Gasteiger partial charge in [0.2, 0.25) is 5.91 Å². The fraction of sp³-hybridized carbons (Fsp3) is 0.167. The second-order valence-electron chi connectivity index (χ2n) is 7.56. The fourth-order valence-electron chi connectivity index (χ4n) is 3.50. The minimum absolute atomic E-state index is 0.231. The monoisotopic (exact) mass is 476 g/mol. The minimum Gasteiger partial charge on any atom is -0.483 e. The number of aromatic amines is 1. The number of carbonyl (C=O) groups is 2. The number of benzene rings is 2. The van der Waals surface area contributed by atoms with Crippen molar-refractivity contribution >= 4 is 45.7 Å². The molecule has 0 aliphatic carbocycles. The van der Waals surface area contributed by atoms with Crippen LogP contribution in [-0.2, 0) is 11.2 Å². The van der Waals surface area contributed by atoms with Gasteiger partial charge in [0, 0.05) is 11.1 Å². The molecule has 2 amide bonds. The van der Waals surface area contributed by atoms with Crippen LogP contribution in [0.15, 0.2) is 76.8 Å². The first-order valence-electron chi connectivity index (χ1n) is 10.4. The molecule has 0 bridgehead atoms. The number of rotatable bonds is 7. The van der Waals surface area contributed by atoms with Crippen molar-refractivity contribution in [3.63, 3.8) is 0 Å². The summed E-state index contributed by atoms with van der Waals surface area (Å²) in [6.45, 7) is 1.94. The quantitative estimate of drug-likeness (QED) is 0.381. The highest BCUT2D eigenvalue weighted by Crippen LogP contribution is 2.30. The van der Waals surface area contributed by atoms with Gasteiger partial charge in [0.25, 0.3) is 5.24 Å². The van der Waals surface area contributed by atoms with Gasteiger partial charge in [0.15, 0.2) is 6.10 Å². The van der Waals surface area contributed by atoms with Gasteiger partial charge in [0.1, 0.15) is 16.6 Å². The van der Waals surface area contributed by atoms with Gasteiger partial charge in [-0.2, -0.15) is 0 Å². The number of imidazole rings is 1. The molecule has 2 aromatic heterocycles. The van der Waals surface area contributed by atoms with E-state index < -0.39 is 0 Å². The Kier molecular flexibility index (Phi) is 6.06. The number of carbonyl (C=O) groups excluding carboxylic acids is 2. The third-order valence-electron chi connectivity index (χ3n) is 5.14. The predicted octanol–water partition coefficient (Wildman–Crippen LogP) is 5.14. The Morgan fingerprint density at radius 2 is 1.97 bits per heavy atom. The number of hydrogen-bond acceptors (Lipinski definition) is 7. The van der Waals surface area contributed by atoms with Gasteiger partial charge >= 0.3 is 0 Å². The zero-order chi connectivity index (χ0) is 22.8. The van der Waals surface area contributed by atoms with Crippen molar-refractivity contribution in [1.82, 2.24) is 20.3 Å². The standard InChI is InChI=1S/C24H20N4O3S2/c1-14(31-16-7-5-15(6-8-16)12-20-23(29)28-24(30)33-20)22-26-18-10-9-17(13-19(18)27-22)32-21-4-2-3-11-25-21/h2-11,13-14,20H,12H2,1H3,(H,26,27)(H,28,29,30). The zero-order valence-corrected chi connectivity index (χ0v) is 19.3. The van der Waals surface area contributed by atoms with Crippen molar-refractivity contribution in [2.75, 3.05) is 0 Å². The largest absolute Gasteiger partial charge is 0.483 e. The van der Waals surface area contributed by atoms with E-state index in [1.807, 2.05) is 61.5 Å². The molecule has 2 unspecified atom stereocenters. The number of imide groups is 1. The molecule has 1 fully saturated rings. The molecule has 2 aromatic carbocycles. The topological polar surface area (TPSA) is 97.0 Å². The molecule has 7 nitrogen and oxygen atoms in total. The normalized spacial score (nSPS) is 16.7. The molecule has 9 heteroatoms. The number of H-pyrrole nitrogens is 1. The Bertz CT molecular complexity index is 1310. The first-order chi connectivity index (χ1) is 16.0. The van der Waals surface area contributed by atoms with Gasteiger partial charge in [-0.1, -0.05) is 41.7 Å². The van der Waals surface area contributed by atoms with Crippen molar-refractivity contribution < 1.29 is 14.3 Å². The average Bonchev–Trinajstić information content (AvgIpc) is 3.37. The van der Waals surface area contributed by atoms with Crippen molar-refractivity contribution in [3.05, 3.63) is 78.2 Å². The molecule has 33 heavy (non-hydrogen) atoms. The molecule has 0 radical (unpaired) electrons. The van der Waals surface area contributed by atoms with Crippen LogP contribution in [0.1, 0.15) is 24.4 Å². The predicted molar refractivity (Wildman–Crippen MR) is 129 cm³/mol. The summed E-state index contributed by atoms with van der Waals surface area (Å²) >= 11 is 2.64. The Hall–Kier alpha value is -3.30. The number of nitrogens with zero attached hydrogens (tertiary/aromatic N) is 2. The summed E-state index contributed by atoms with van der Waals surface area (Å²) in [5.41, 5.74) is 2.79. The molecule has 0 saturated carbocycles. The van der Waals surface area contributed by atoms with Gasteiger partial charge in [0.05, 0.1) is 16.3 Å². The Morgan fingerprint density at radius 1 is 1.12 bits per heavy atom. The average molecular weight is 477 g/mol. The highest BCUT2D eigenvalue weighted by Gasteiger charge is 2.31. The van der Waals surface area contributed by atoms with Crippen LogP contribution in [0.25, 0.3) is 11.0 Å². The number of aromatic nitrogens is 3. The maximum atomic E-state index is 11.8. The van der Waals surface area contributed by atoms with Gasteiger partial charge in [-0.05, 0) is 61.4 Å². The summed E-state index contributed by atoms with van der Waals surface area (Å²) in [7, 11) is 0. The van der Waals surface area contributed by atoms with E-state index in [0.717, 1.165) is 44.1 Å². The molecular formula is C24H20N4O3S2. The molecule has 4 aromatic rings. The van der Waals surface area contributed by atoms with E-state index in [2.05, 4.69) is 26.3 Å². The van der Waals surface area contributed by atoms with Crippen LogP contribution in [0, 0.1) is 0 Å². The molecule has 2 atom stereocenters. The third-order valence-corrected chi connectivity index (χ3v) is 7.06. The van der Waals surface area contributed by atoms with E-state index in [-0.39, 0.29) is 22.5 Å².